The Hall–Kier alpha value is -2.58. The molecule has 0 saturated heterocycles. The van der Waals surface area contributed by atoms with Crippen LogP contribution in [0.25, 0.3) is 5.69 Å². The fraction of sp³-hybridized carbons (Fsp3) is 0.0833. The van der Waals surface area contributed by atoms with Crippen LogP contribution in [0.4, 0.5) is 5.69 Å². The van der Waals surface area contributed by atoms with Crippen LogP contribution < -0.4 is 21.2 Å². The van der Waals surface area contributed by atoms with E-state index in [0.29, 0.717) is 0 Å². The molecule has 0 unspecified atom stereocenters. The second-order valence-corrected chi connectivity index (χ2v) is 20.9. The van der Waals surface area contributed by atoms with E-state index in [4.69, 9.17) is 9.84 Å². The molecule has 0 radical (unpaired) electrons. The predicted octanol–water partition coefficient (Wildman–Crippen LogP) is 9.75. The van der Waals surface area contributed by atoms with E-state index in [1.165, 1.54) is 32.1 Å². The standard InChI is InChI=1S/C36H33N3P2.2BrH.Ni/c1-29-27-30(2)39(37-29)36-26-16-15-25-35(36)38-41(33-21-11-5-12-22-33,34-23-13-6-14-24-34)28-40(31-17-7-3-8-18-31)32-19-9-4-10-20-32;;;/h3-27H,28H2,1-2H3;2*1H;/q;;;+2/p-2. The van der Waals surface area contributed by atoms with Gasteiger partial charge in [0.05, 0.1) is 17.1 Å². The van der Waals surface area contributed by atoms with Crippen molar-refractivity contribution in [3.05, 3.63) is 163 Å². The minimum atomic E-state index is -2.35. The van der Waals surface area contributed by atoms with Crippen molar-refractivity contribution in [1.29, 1.82) is 0 Å². The van der Waals surface area contributed by atoms with Crippen LogP contribution in [0.1, 0.15) is 11.4 Å². The van der Waals surface area contributed by atoms with Gasteiger partial charge in [-0.15, -0.1) is 0 Å². The molecule has 3 nitrogen and oxygen atoms in total. The number of benzene rings is 5. The average molecular weight is 788 g/mol. The van der Waals surface area contributed by atoms with Crippen molar-refractivity contribution in [3.8, 4) is 5.69 Å². The number of halogens is 2. The van der Waals surface area contributed by atoms with E-state index >= 15 is 0 Å². The Balaban J connectivity index is 0.00000123. The fourth-order valence-corrected chi connectivity index (χ4v) is 13.6. The number of para-hydroxylation sites is 1. The molecule has 5 aromatic carbocycles. The molecule has 1 aromatic heterocycles. The average Bonchev–Trinajstić information content (AvgIpc) is 3.42. The number of aryl methyl sites for hydroxylation is 2. The van der Waals surface area contributed by atoms with Gasteiger partial charge in [0, 0.05) is 18.7 Å². The molecule has 0 N–H and O–H groups in total. The van der Waals surface area contributed by atoms with Crippen molar-refractivity contribution in [2.24, 2.45) is 4.74 Å². The van der Waals surface area contributed by atoms with Crippen LogP contribution in [-0.4, -0.2) is 15.7 Å². The SMILES string of the molecule is Cc1cc(C)n(-c2ccccc2N=P(CP(c2ccccc2)c2ccccc2)(c2ccccc2)c2ccccc2)n1.[Br][Ni][Br]. The summed E-state index contributed by atoms with van der Waals surface area (Å²) in [5, 5.41) is 10.2. The van der Waals surface area contributed by atoms with E-state index in [1.807, 2.05) is 11.6 Å². The maximum absolute atomic E-state index is 5.91. The molecule has 0 amide bonds. The van der Waals surface area contributed by atoms with Crippen molar-refractivity contribution >= 4 is 70.3 Å². The zero-order chi connectivity index (χ0) is 30.8. The van der Waals surface area contributed by atoms with Crippen LogP contribution in [0.2, 0.25) is 0 Å². The number of rotatable bonds is 8. The van der Waals surface area contributed by atoms with Crippen molar-refractivity contribution in [3.63, 3.8) is 0 Å². The van der Waals surface area contributed by atoms with Crippen molar-refractivity contribution in [2.75, 3.05) is 5.90 Å². The Morgan fingerprint density at radius 3 is 1.55 bits per heavy atom. The Labute approximate surface area is 282 Å². The zero-order valence-electron chi connectivity index (χ0n) is 24.4. The van der Waals surface area contributed by atoms with Crippen LogP contribution >= 0.6 is 43.4 Å². The number of nitrogens with zero attached hydrogens (tertiary/aromatic N) is 3. The van der Waals surface area contributed by atoms with E-state index in [9.17, 15) is 0 Å². The number of hydrogen-bond donors (Lipinski definition) is 0. The Morgan fingerprint density at radius 1 is 0.659 bits per heavy atom. The second-order valence-electron chi connectivity index (χ2n) is 10.2. The Morgan fingerprint density at radius 2 is 1.09 bits per heavy atom. The monoisotopic (exact) mass is 785 g/mol. The van der Waals surface area contributed by atoms with E-state index in [1.54, 1.807) is 0 Å². The summed E-state index contributed by atoms with van der Waals surface area (Å²) in [5.74, 6) is 0.926. The van der Waals surface area contributed by atoms with Crippen LogP contribution in [0.5, 0.6) is 0 Å². The van der Waals surface area contributed by atoms with Gasteiger partial charge in [-0.2, -0.15) is 5.10 Å². The first kappa shape index (κ1) is 32.8. The Kier molecular flexibility index (Phi) is 12.0. The molecule has 0 bridgehead atoms. The molecule has 0 spiro atoms. The van der Waals surface area contributed by atoms with Crippen LogP contribution in [0.15, 0.2) is 156 Å². The van der Waals surface area contributed by atoms with E-state index in [-0.39, 0.29) is 0 Å². The molecule has 8 heteroatoms. The van der Waals surface area contributed by atoms with Gasteiger partial charge in [-0.1, -0.05) is 133 Å². The van der Waals surface area contributed by atoms with Gasteiger partial charge in [-0.3, -0.25) is 4.74 Å². The van der Waals surface area contributed by atoms with E-state index in [0.717, 1.165) is 28.7 Å². The fourth-order valence-electron chi connectivity index (χ4n) is 5.33. The number of hydrogen-bond acceptors (Lipinski definition) is 2. The summed E-state index contributed by atoms with van der Waals surface area (Å²) in [6.07, 6.45) is 0. The molecule has 6 rings (SSSR count). The zero-order valence-corrected chi connectivity index (χ0v) is 30.4. The third-order valence-corrected chi connectivity index (χ3v) is 14.7. The molecular weight excluding hydrogens is 755 g/mol. The normalized spacial score (nSPS) is 11.2. The summed E-state index contributed by atoms with van der Waals surface area (Å²) in [7, 11) is -1.82. The third kappa shape index (κ3) is 7.79. The van der Waals surface area contributed by atoms with Crippen LogP contribution in [-0.2, 0) is 10.9 Å². The third-order valence-electron chi connectivity index (χ3n) is 7.25. The molecule has 6 aromatic rings. The topological polar surface area (TPSA) is 30.2 Å². The molecule has 1 heterocycles. The number of aromatic nitrogens is 2. The molecule has 0 atom stereocenters. The molecule has 0 aliphatic heterocycles. The quantitative estimate of drug-likeness (QED) is 0.112. The van der Waals surface area contributed by atoms with Crippen molar-refractivity contribution in [1.82, 2.24) is 9.78 Å². The van der Waals surface area contributed by atoms with E-state index < -0.39 is 15.0 Å². The summed E-state index contributed by atoms with van der Waals surface area (Å²) < 4.78 is 7.95. The van der Waals surface area contributed by atoms with Gasteiger partial charge >= 0.3 is 39.3 Å². The molecular formula is C36H33Br2N3NiP2. The van der Waals surface area contributed by atoms with Gasteiger partial charge in [-0.05, 0) is 61.2 Å². The summed E-state index contributed by atoms with van der Waals surface area (Å²) in [6, 6.07) is 54.5. The molecule has 226 valence electrons. The molecule has 0 aliphatic rings. The summed E-state index contributed by atoms with van der Waals surface area (Å²) in [6.45, 7) is 4.15. The first-order chi connectivity index (χ1) is 21.6. The first-order valence-electron chi connectivity index (χ1n) is 14.1. The second kappa shape index (κ2) is 16.1. The van der Waals surface area contributed by atoms with Crippen LogP contribution in [0.3, 0.4) is 0 Å². The molecule has 0 fully saturated rings. The summed E-state index contributed by atoms with van der Waals surface area (Å²) in [5.41, 5.74) is 4.08. The molecule has 44 heavy (non-hydrogen) atoms. The Bertz CT molecular complexity index is 1730. The van der Waals surface area contributed by atoms with Gasteiger partial charge < -0.3 is 0 Å². The molecule has 0 aliphatic carbocycles. The van der Waals surface area contributed by atoms with Gasteiger partial charge in [0.2, 0.25) is 0 Å². The predicted molar refractivity (Wildman–Crippen MR) is 196 cm³/mol. The van der Waals surface area contributed by atoms with E-state index in [2.05, 4.69) is 187 Å². The summed E-state index contributed by atoms with van der Waals surface area (Å²) in [4.78, 5) is 0. The van der Waals surface area contributed by atoms with Gasteiger partial charge in [0.25, 0.3) is 0 Å². The first-order valence-corrected chi connectivity index (χ1v) is 22.4. The van der Waals surface area contributed by atoms with Crippen molar-refractivity contribution in [2.45, 2.75) is 13.8 Å². The maximum atomic E-state index is 5.91. The van der Waals surface area contributed by atoms with Crippen LogP contribution in [0, 0.1) is 13.8 Å². The van der Waals surface area contributed by atoms with Crippen molar-refractivity contribution < 1.29 is 10.9 Å². The molecule has 0 saturated carbocycles. The summed E-state index contributed by atoms with van der Waals surface area (Å²) >= 11 is 6.00. The van der Waals surface area contributed by atoms with Gasteiger partial charge in [0.15, 0.2) is 0 Å². The van der Waals surface area contributed by atoms with Gasteiger partial charge in [0.1, 0.15) is 0 Å². The minimum absolute atomic E-state index is 0.715. The van der Waals surface area contributed by atoms with Gasteiger partial charge in [-0.25, -0.2) is 4.68 Å².